The molecule has 1 fully saturated rings. The summed E-state index contributed by atoms with van der Waals surface area (Å²) in [5.74, 6) is -1.18. The molecule has 8 heteroatoms. The maximum absolute atomic E-state index is 11.6. The molecule has 2 rings (SSSR count). The highest BCUT2D eigenvalue weighted by atomic mass is 32.1. The van der Waals surface area contributed by atoms with Crippen LogP contribution in [0.15, 0.2) is 11.4 Å². The highest BCUT2D eigenvalue weighted by molar-refractivity contribution is 7.14. The molecule has 1 aromatic rings. The second kappa shape index (κ2) is 6.38. The lowest BCUT2D eigenvalue weighted by molar-refractivity contribution is -0.121. The van der Waals surface area contributed by atoms with Crippen molar-refractivity contribution in [3.8, 4) is 0 Å². The van der Waals surface area contributed by atoms with Gasteiger partial charge in [-0.15, -0.1) is 11.3 Å². The van der Waals surface area contributed by atoms with Crippen LogP contribution >= 0.6 is 11.3 Å². The molecule has 0 aliphatic heterocycles. The van der Waals surface area contributed by atoms with Crippen molar-refractivity contribution in [2.45, 2.75) is 25.3 Å². The number of carboxylic acids is 1. The van der Waals surface area contributed by atoms with Gasteiger partial charge < -0.3 is 15.7 Å². The maximum atomic E-state index is 11.6. The van der Waals surface area contributed by atoms with Gasteiger partial charge in [0.2, 0.25) is 5.91 Å². The Balaban J connectivity index is 1.70. The normalized spacial score (nSPS) is 13.6. The standard InChI is InChI=1S/C12H15N3O4S/c16-9(14-7-1-2-7)3-5-13-12(19)15-10-8(11(17)18)4-6-20-10/h4,6-7H,1-3,5H2,(H,14,16)(H,17,18)(H2,13,15,19). The number of urea groups is 1. The zero-order valence-corrected chi connectivity index (χ0v) is 11.5. The van der Waals surface area contributed by atoms with Crippen molar-refractivity contribution in [3.63, 3.8) is 0 Å². The van der Waals surface area contributed by atoms with Crippen LogP contribution in [0, 0.1) is 0 Å². The van der Waals surface area contributed by atoms with Crippen LogP contribution in [0.2, 0.25) is 0 Å². The minimum Gasteiger partial charge on any atom is -0.478 e. The number of carboxylic acid groups (broad SMARTS) is 1. The largest absolute Gasteiger partial charge is 0.478 e. The molecule has 3 amide bonds. The molecule has 1 aromatic heterocycles. The zero-order valence-electron chi connectivity index (χ0n) is 10.6. The lowest BCUT2D eigenvalue weighted by Crippen LogP contribution is -2.34. The Morgan fingerprint density at radius 1 is 1.35 bits per heavy atom. The summed E-state index contributed by atoms with van der Waals surface area (Å²) in [6, 6.07) is 1.21. The number of anilines is 1. The highest BCUT2D eigenvalue weighted by Gasteiger charge is 2.22. The number of carbonyl (C=O) groups is 3. The van der Waals surface area contributed by atoms with Crippen LogP contribution in [0.1, 0.15) is 29.6 Å². The summed E-state index contributed by atoms with van der Waals surface area (Å²) >= 11 is 1.13. The van der Waals surface area contributed by atoms with E-state index in [1.54, 1.807) is 5.38 Å². The third-order valence-corrected chi connectivity index (χ3v) is 3.53. The number of nitrogens with one attached hydrogen (secondary N) is 3. The molecule has 0 atom stereocenters. The number of amides is 3. The van der Waals surface area contributed by atoms with E-state index in [-0.39, 0.29) is 29.4 Å². The SMILES string of the molecule is O=C(CCNC(=O)Nc1sccc1C(=O)O)NC1CC1. The average Bonchev–Trinajstić information content (AvgIpc) is 3.05. The lowest BCUT2D eigenvalue weighted by atomic mass is 10.3. The monoisotopic (exact) mass is 297 g/mol. The molecule has 0 spiro atoms. The van der Waals surface area contributed by atoms with Gasteiger partial charge in [0.05, 0.1) is 5.56 Å². The summed E-state index contributed by atoms with van der Waals surface area (Å²) in [5.41, 5.74) is 0.0524. The van der Waals surface area contributed by atoms with E-state index in [2.05, 4.69) is 16.0 Å². The van der Waals surface area contributed by atoms with Gasteiger partial charge in [0, 0.05) is 19.0 Å². The number of rotatable bonds is 6. The second-order valence-corrected chi connectivity index (χ2v) is 5.36. The van der Waals surface area contributed by atoms with Gasteiger partial charge in [0.15, 0.2) is 0 Å². The predicted molar refractivity (Wildman–Crippen MR) is 74.1 cm³/mol. The van der Waals surface area contributed by atoms with Gasteiger partial charge in [-0.2, -0.15) is 0 Å². The average molecular weight is 297 g/mol. The summed E-state index contributed by atoms with van der Waals surface area (Å²) in [6.45, 7) is 0.207. The topological polar surface area (TPSA) is 108 Å². The minimum absolute atomic E-state index is 0.0524. The van der Waals surface area contributed by atoms with Gasteiger partial charge in [-0.1, -0.05) is 0 Å². The molecule has 1 aliphatic carbocycles. The van der Waals surface area contributed by atoms with Gasteiger partial charge >= 0.3 is 12.0 Å². The highest BCUT2D eigenvalue weighted by Crippen LogP contribution is 2.22. The fourth-order valence-electron chi connectivity index (χ4n) is 1.54. The Hall–Kier alpha value is -2.09. The molecule has 0 bridgehead atoms. The first-order valence-electron chi connectivity index (χ1n) is 6.21. The number of hydrogen-bond acceptors (Lipinski definition) is 4. The Morgan fingerprint density at radius 2 is 2.10 bits per heavy atom. The zero-order chi connectivity index (χ0) is 14.5. The molecular formula is C12H15N3O4S. The molecule has 1 saturated carbocycles. The molecule has 4 N–H and O–H groups in total. The van der Waals surface area contributed by atoms with E-state index in [0.29, 0.717) is 6.04 Å². The smallest absolute Gasteiger partial charge is 0.338 e. The second-order valence-electron chi connectivity index (χ2n) is 4.44. The number of carbonyl (C=O) groups excluding carboxylic acids is 2. The van der Waals surface area contributed by atoms with Gasteiger partial charge in [-0.05, 0) is 24.3 Å². The minimum atomic E-state index is -1.09. The van der Waals surface area contributed by atoms with Gasteiger partial charge in [0.25, 0.3) is 0 Å². The summed E-state index contributed by atoms with van der Waals surface area (Å²) in [6.07, 6.45) is 2.26. The fourth-order valence-corrected chi connectivity index (χ4v) is 2.31. The Morgan fingerprint density at radius 3 is 2.75 bits per heavy atom. The number of hydrogen-bond donors (Lipinski definition) is 4. The first-order valence-corrected chi connectivity index (χ1v) is 7.09. The van der Waals surface area contributed by atoms with E-state index < -0.39 is 12.0 Å². The van der Waals surface area contributed by atoms with Crippen molar-refractivity contribution in [3.05, 3.63) is 17.0 Å². The van der Waals surface area contributed by atoms with Crippen LogP contribution in [-0.2, 0) is 4.79 Å². The van der Waals surface area contributed by atoms with E-state index in [1.165, 1.54) is 6.07 Å². The van der Waals surface area contributed by atoms with Crippen LogP contribution < -0.4 is 16.0 Å². The van der Waals surface area contributed by atoms with Gasteiger partial charge in [0.1, 0.15) is 5.00 Å². The van der Waals surface area contributed by atoms with Crippen LogP contribution in [0.3, 0.4) is 0 Å². The fraction of sp³-hybridized carbons (Fsp3) is 0.417. The molecule has 0 radical (unpaired) electrons. The van der Waals surface area contributed by atoms with Crippen molar-refractivity contribution < 1.29 is 19.5 Å². The van der Waals surface area contributed by atoms with Crippen molar-refractivity contribution in [2.75, 3.05) is 11.9 Å². The van der Waals surface area contributed by atoms with E-state index in [0.717, 1.165) is 24.2 Å². The van der Waals surface area contributed by atoms with Gasteiger partial charge in [-0.3, -0.25) is 10.1 Å². The third kappa shape index (κ3) is 4.23. The summed E-state index contributed by atoms with van der Waals surface area (Å²) in [7, 11) is 0. The molecule has 108 valence electrons. The lowest BCUT2D eigenvalue weighted by Gasteiger charge is -2.07. The molecule has 20 heavy (non-hydrogen) atoms. The molecule has 0 saturated heterocycles. The molecule has 0 unspecified atom stereocenters. The first-order chi connectivity index (χ1) is 9.56. The van der Waals surface area contributed by atoms with E-state index in [4.69, 9.17) is 5.11 Å². The molecule has 1 aliphatic rings. The Bertz CT molecular complexity index is 525. The predicted octanol–water partition coefficient (Wildman–Crippen LogP) is 1.24. The molecular weight excluding hydrogens is 282 g/mol. The van der Waals surface area contributed by atoms with Crippen LogP contribution in [-0.4, -0.2) is 35.6 Å². The van der Waals surface area contributed by atoms with Crippen LogP contribution in [0.25, 0.3) is 0 Å². The van der Waals surface area contributed by atoms with E-state index in [1.807, 2.05) is 0 Å². The van der Waals surface area contributed by atoms with Crippen molar-refractivity contribution in [2.24, 2.45) is 0 Å². The molecule has 1 heterocycles. The maximum Gasteiger partial charge on any atom is 0.338 e. The van der Waals surface area contributed by atoms with E-state index in [9.17, 15) is 14.4 Å². The Labute approximate surface area is 119 Å². The van der Waals surface area contributed by atoms with Gasteiger partial charge in [-0.25, -0.2) is 9.59 Å². The van der Waals surface area contributed by atoms with Crippen molar-refractivity contribution >= 4 is 34.2 Å². The summed E-state index contributed by atoms with van der Waals surface area (Å²) in [4.78, 5) is 33.8. The molecule has 0 aromatic carbocycles. The summed E-state index contributed by atoms with van der Waals surface area (Å²) < 4.78 is 0. The van der Waals surface area contributed by atoms with E-state index >= 15 is 0 Å². The third-order valence-electron chi connectivity index (χ3n) is 2.70. The summed E-state index contributed by atoms with van der Waals surface area (Å²) in [5, 5.41) is 18.5. The van der Waals surface area contributed by atoms with Crippen molar-refractivity contribution in [1.82, 2.24) is 10.6 Å². The quantitative estimate of drug-likeness (QED) is 0.633. The first kappa shape index (κ1) is 14.3. The molecule has 7 nitrogen and oxygen atoms in total. The van der Waals surface area contributed by atoms with Crippen molar-refractivity contribution in [1.29, 1.82) is 0 Å². The number of thiophene rings is 1. The number of aromatic carboxylic acids is 1. The Kier molecular flexibility index (Phi) is 4.57. The van der Waals surface area contributed by atoms with Crippen LogP contribution in [0.4, 0.5) is 9.80 Å². The van der Waals surface area contributed by atoms with Crippen LogP contribution in [0.5, 0.6) is 0 Å².